The molecule has 2 heteroatoms. The van der Waals surface area contributed by atoms with E-state index in [9.17, 15) is 4.79 Å². The molecule has 0 aliphatic heterocycles. The molecule has 0 heterocycles. The molecule has 2 atom stereocenters. The van der Waals surface area contributed by atoms with Crippen LogP contribution in [0, 0.1) is 23.2 Å². The summed E-state index contributed by atoms with van der Waals surface area (Å²) in [6, 6.07) is 2.22. The number of allylic oxidation sites excluding steroid dienone is 1. The fourth-order valence-corrected chi connectivity index (χ4v) is 1.94. The van der Waals surface area contributed by atoms with Crippen molar-refractivity contribution in [2.24, 2.45) is 11.8 Å². The zero-order chi connectivity index (χ0) is 9.84. The quantitative estimate of drug-likeness (QED) is 0.456. The first-order chi connectivity index (χ1) is 6.15. The number of ketones is 1. The van der Waals surface area contributed by atoms with Crippen LogP contribution in [-0.2, 0) is 4.79 Å². The third-order valence-electron chi connectivity index (χ3n) is 2.70. The van der Waals surface area contributed by atoms with Gasteiger partial charge in [-0.25, -0.2) is 0 Å². The van der Waals surface area contributed by atoms with Crippen LogP contribution in [0.15, 0.2) is 12.2 Å². The molecule has 1 rings (SSSR count). The molecule has 1 aliphatic rings. The number of hydrogen-bond donors (Lipinski definition) is 0. The standard InChI is InChI=1S/C11H15NO/c1-8(2)11-5-3-4-10(13)6-9(11)7-12/h9,11H,1,3-6H2,2H3/t9?,11-/m0/s1. The Kier molecular flexibility index (Phi) is 3.25. The molecule has 13 heavy (non-hydrogen) atoms. The number of Topliss-reactive ketones (excluding diaryl/α,β-unsaturated/α-hetero) is 1. The zero-order valence-electron chi connectivity index (χ0n) is 8.05. The van der Waals surface area contributed by atoms with Crippen molar-refractivity contribution in [2.75, 3.05) is 0 Å². The third-order valence-corrected chi connectivity index (χ3v) is 2.70. The Morgan fingerprint density at radius 2 is 2.38 bits per heavy atom. The van der Waals surface area contributed by atoms with E-state index in [0.717, 1.165) is 18.4 Å². The Labute approximate surface area is 79.2 Å². The second kappa shape index (κ2) is 4.23. The van der Waals surface area contributed by atoms with Crippen molar-refractivity contribution in [2.45, 2.75) is 32.6 Å². The molecule has 0 amide bonds. The van der Waals surface area contributed by atoms with Crippen LogP contribution in [0.4, 0.5) is 0 Å². The molecule has 0 spiro atoms. The predicted molar refractivity (Wildman–Crippen MR) is 50.9 cm³/mol. The van der Waals surface area contributed by atoms with Crippen molar-refractivity contribution in [3.8, 4) is 6.07 Å². The molecular formula is C11H15NO. The zero-order valence-corrected chi connectivity index (χ0v) is 8.05. The van der Waals surface area contributed by atoms with E-state index >= 15 is 0 Å². The van der Waals surface area contributed by atoms with Gasteiger partial charge in [-0.15, -0.1) is 0 Å². The van der Waals surface area contributed by atoms with Crippen LogP contribution in [0.2, 0.25) is 0 Å². The highest BCUT2D eigenvalue weighted by molar-refractivity contribution is 5.79. The summed E-state index contributed by atoms with van der Waals surface area (Å²) in [5.74, 6) is 0.333. The maximum atomic E-state index is 11.2. The Morgan fingerprint density at radius 1 is 1.69 bits per heavy atom. The third kappa shape index (κ3) is 2.42. The summed E-state index contributed by atoms with van der Waals surface area (Å²) in [5, 5.41) is 8.91. The first kappa shape index (κ1) is 9.98. The molecule has 2 nitrogen and oxygen atoms in total. The summed E-state index contributed by atoms with van der Waals surface area (Å²) in [6.45, 7) is 5.83. The number of carbonyl (C=O) groups excluding carboxylic acids is 1. The topological polar surface area (TPSA) is 40.9 Å². The number of rotatable bonds is 1. The first-order valence-corrected chi connectivity index (χ1v) is 4.72. The van der Waals surface area contributed by atoms with Crippen molar-refractivity contribution in [1.82, 2.24) is 0 Å². The van der Waals surface area contributed by atoms with E-state index in [4.69, 9.17) is 5.26 Å². The molecule has 70 valence electrons. The van der Waals surface area contributed by atoms with Crippen LogP contribution in [0.5, 0.6) is 0 Å². The SMILES string of the molecule is C=C(C)[C@@H]1CCCC(=O)CC1C#N. The van der Waals surface area contributed by atoms with Crippen LogP contribution in [0.3, 0.4) is 0 Å². The monoisotopic (exact) mass is 177 g/mol. The molecule has 1 fully saturated rings. The lowest BCUT2D eigenvalue weighted by atomic mass is 9.84. The molecule has 0 N–H and O–H groups in total. The molecule has 1 unspecified atom stereocenters. The van der Waals surface area contributed by atoms with E-state index in [1.807, 2.05) is 6.92 Å². The van der Waals surface area contributed by atoms with Crippen LogP contribution in [0.1, 0.15) is 32.6 Å². The number of nitriles is 1. The van der Waals surface area contributed by atoms with Gasteiger partial charge in [-0.05, 0) is 25.7 Å². The maximum Gasteiger partial charge on any atom is 0.134 e. The van der Waals surface area contributed by atoms with Crippen molar-refractivity contribution >= 4 is 5.78 Å². The molecule has 1 saturated carbocycles. The van der Waals surface area contributed by atoms with Gasteiger partial charge in [-0.1, -0.05) is 12.2 Å². The Bertz CT molecular complexity index is 262. The van der Waals surface area contributed by atoms with Crippen molar-refractivity contribution in [1.29, 1.82) is 5.26 Å². The van der Waals surface area contributed by atoms with E-state index < -0.39 is 0 Å². The van der Waals surface area contributed by atoms with Crippen LogP contribution in [-0.4, -0.2) is 5.78 Å². The lowest BCUT2D eigenvalue weighted by Gasteiger charge is -2.18. The van der Waals surface area contributed by atoms with Crippen molar-refractivity contribution in [3.05, 3.63) is 12.2 Å². The van der Waals surface area contributed by atoms with Gasteiger partial charge in [0.25, 0.3) is 0 Å². The molecule has 0 bridgehead atoms. The Balaban J connectivity index is 2.77. The number of nitrogens with zero attached hydrogens (tertiary/aromatic N) is 1. The average molecular weight is 177 g/mol. The van der Waals surface area contributed by atoms with Gasteiger partial charge >= 0.3 is 0 Å². The van der Waals surface area contributed by atoms with Crippen LogP contribution >= 0.6 is 0 Å². The van der Waals surface area contributed by atoms with Gasteiger partial charge in [0.15, 0.2) is 0 Å². The number of carbonyl (C=O) groups is 1. The smallest absolute Gasteiger partial charge is 0.134 e. The largest absolute Gasteiger partial charge is 0.300 e. The molecular weight excluding hydrogens is 162 g/mol. The normalized spacial score (nSPS) is 29.1. The van der Waals surface area contributed by atoms with Gasteiger partial charge in [-0.2, -0.15) is 5.26 Å². The molecule has 0 aromatic heterocycles. The van der Waals surface area contributed by atoms with Gasteiger partial charge in [0, 0.05) is 12.8 Å². The van der Waals surface area contributed by atoms with Gasteiger partial charge in [-0.3, -0.25) is 4.79 Å². The van der Waals surface area contributed by atoms with Crippen molar-refractivity contribution in [3.63, 3.8) is 0 Å². The van der Waals surface area contributed by atoms with Gasteiger partial charge in [0.05, 0.1) is 12.0 Å². The summed E-state index contributed by atoms with van der Waals surface area (Å²) in [5.41, 5.74) is 1.04. The maximum absolute atomic E-state index is 11.2. The molecule has 0 radical (unpaired) electrons. The lowest BCUT2D eigenvalue weighted by Crippen LogP contribution is -2.14. The Hall–Kier alpha value is -1.10. The van der Waals surface area contributed by atoms with E-state index in [1.54, 1.807) is 0 Å². The lowest BCUT2D eigenvalue weighted by molar-refractivity contribution is -0.119. The minimum Gasteiger partial charge on any atom is -0.300 e. The highest BCUT2D eigenvalue weighted by Gasteiger charge is 2.27. The second-order valence-electron chi connectivity index (χ2n) is 3.82. The van der Waals surface area contributed by atoms with Gasteiger partial charge < -0.3 is 0 Å². The summed E-state index contributed by atoms with van der Waals surface area (Å²) in [6.07, 6.45) is 2.92. The highest BCUT2D eigenvalue weighted by Crippen LogP contribution is 2.31. The van der Waals surface area contributed by atoms with Crippen LogP contribution in [0.25, 0.3) is 0 Å². The average Bonchev–Trinajstić information content (AvgIpc) is 2.26. The van der Waals surface area contributed by atoms with Crippen LogP contribution < -0.4 is 0 Å². The first-order valence-electron chi connectivity index (χ1n) is 4.72. The van der Waals surface area contributed by atoms with E-state index in [0.29, 0.717) is 12.8 Å². The minimum absolute atomic E-state index is 0.132. The summed E-state index contributed by atoms with van der Waals surface area (Å²) in [7, 11) is 0. The molecule has 0 aromatic rings. The molecule has 0 saturated heterocycles. The van der Waals surface area contributed by atoms with E-state index in [1.165, 1.54) is 0 Å². The van der Waals surface area contributed by atoms with E-state index in [-0.39, 0.29) is 17.6 Å². The molecule has 1 aliphatic carbocycles. The predicted octanol–water partition coefficient (Wildman–Crippen LogP) is 2.46. The fourth-order valence-electron chi connectivity index (χ4n) is 1.94. The summed E-state index contributed by atoms with van der Waals surface area (Å²) in [4.78, 5) is 11.2. The molecule has 0 aromatic carbocycles. The number of hydrogen-bond acceptors (Lipinski definition) is 2. The highest BCUT2D eigenvalue weighted by atomic mass is 16.1. The van der Waals surface area contributed by atoms with E-state index in [2.05, 4.69) is 12.6 Å². The Morgan fingerprint density at radius 3 is 2.92 bits per heavy atom. The van der Waals surface area contributed by atoms with Gasteiger partial charge in [0.2, 0.25) is 0 Å². The fraction of sp³-hybridized carbons (Fsp3) is 0.636. The van der Waals surface area contributed by atoms with Crippen molar-refractivity contribution < 1.29 is 4.79 Å². The summed E-state index contributed by atoms with van der Waals surface area (Å²) < 4.78 is 0. The van der Waals surface area contributed by atoms with Gasteiger partial charge in [0.1, 0.15) is 5.78 Å². The second-order valence-corrected chi connectivity index (χ2v) is 3.82. The minimum atomic E-state index is -0.132. The summed E-state index contributed by atoms with van der Waals surface area (Å²) >= 11 is 0.